The SMILES string of the molecule is COc1cccc(CCNC(=O)CCNC(=O)c2n[nH]c3ccccc23)c1. The van der Waals surface area contributed by atoms with Gasteiger partial charge < -0.3 is 15.4 Å². The highest BCUT2D eigenvalue weighted by molar-refractivity contribution is 6.04. The van der Waals surface area contributed by atoms with Gasteiger partial charge in [-0.2, -0.15) is 5.10 Å². The largest absolute Gasteiger partial charge is 0.497 e. The minimum absolute atomic E-state index is 0.106. The van der Waals surface area contributed by atoms with Gasteiger partial charge >= 0.3 is 0 Å². The van der Waals surface area contributed by atoms with Gasteiger partial charge in [0.1, 0.15) is 5.75 Å². The first-order valence-electron chi connectivity index (χ1n) is 8.78. The average molecular weight is 366 g/mol. The maximum atomic E-state index is 12.2. The van der Waals surface area contributed by atoms with E-state index in [1.54, 1.807) is 7.11 Å². The van der Waals surface area contributed by atoms with Crippen LogP contribution in [0.3, 0.4) is 0 Å². The molecule has 0 radical (unpaired) electrons. The van der Waals surface area contributed by atoms with Crippen LogP contribution in [-0.2, 0) is 11.2 Å². The van der Waals surface area contributed by atoms with Crippen LogP contribution in [0.15, 0.2) is 48.5 Å². The van der Waals surface area contributed by atoms with Gasteiger partial charge in [-0.05, 0) is 30.2 Å². The molecule has 0 bridgehead atoms. The summed E-state index contributed by atoms with van der Waals surface area (Å²) in [4.78, 5) is 24.2. The maximum absolute atomic E-state index is 12.2. The molecule has 0 aliphatic rings. The Bertz CT molecular complexity index is 936. The summed E-state index contributed by atoms with van der Waals surface area (Å²) in [5, 5.41) is 13.2. The van der Waals surface area contributed by atoms with Gasteiger partial charge in [0, 0.05) is 24.9 Å². The molecule has 7 nitrogen and oxygen atoms in total. The third-order valence-electron chi connectivity index (χ3n) is 4.19. The molecule has 0 aliphatic carbocycles. The van der Waals surface area contributed by atoms with Gasteiger partial charge in [0.2, 0.25) is 5.91 Å². The van der Waals surface area contributed by atoms with Crippen LogP contribution in [0.2, 0.25) is 0 Å². The first-order chi connectivity index (χ1) is 13.2. The minimum Gasteiger partial charge on any atom is -0.497 e. The topological polar surface area (TPSA) is 96.1 Å². The number of methoxy groups -OCH3 is 1. The first-order valence-corrected chi connectivity index (χ1v) is 8.78. The summed E-state index contributed by atoms with van der Waals surface area (Å²) in [5.74, 6) is 0.397. The quantitative estimate of drug-likeness (QED) is 0.568. The smallest absolute Gasteiger partial charge is 0.272 e. The van der Waals surface area contributed by atoms with Gasteiger partial charge in [0.05, 0.1) is 12.6 Å². The number of fused-ring (bicyclic) bond motifs is 1. The van der Waals surface area contributed by atoms with Crippen LogP contribution in [0, 0.1) is 0 Å². The van der Waals surface area contributed by atoms with E-state index in [-0.39, 0.29) is 24.8 Å². The van der Waals surface area contributed by atoms with Crippen molar-refractivity contribution in [1.29, 1.82) is 0 Å². The monoisotopic (exact) mass is 366 g/mol. The molecule has 2 amide bonds. The number of hydrogen-bond acceptors (Lipinski definition) is 4. The zero-order chi connectivity index (χ0) is 19.1. The normalized spacial score (nSPS) is 10.6. The van der Waals surface area contributed by atoms with Crippen molar-refractivity contribution in [2.24, 2.45) is 0 Å². The van der Waals surface area contributed by atoms with Gasteiger partial charge in [-0.25, -0.2) is 0 Å². The van der Waals surface area contributed by atoms with Crippen LogP contribution in [0.25, 0.3) is 10.9 Å². The lowest BCUT2D eigenvalue weighted by Crippen LogP contribution is -2.31. The molecule has 7 heteroatoms. The molecular weight excluding hydrogens is 344 g/mol. The predicted octanol–water partition coefficient (Wildman–Crippen LogP) is 2.05. The van der Waals surface area contributed by atoms with Crippen LogP contribution < -0.4 is 15.4 Å². The third-order valence-corrected chi connectivity index (χ3v) is 4.19. The highest BCUT2D eigenvalue weighted by atomic mass is 16.5. The highest BCUT2D eigenvalue weighted by Crippen LogP contribution is 2.14. The first kappa shape index (κ1) is 18.4. The van der Waals surface area contributed by atoms with Crippen molar-refractivity contribution in [3.8, 4) is 5.75 Å². The molecule has 3 aromatic rings. The number of nitrogens with one attached hydrogen (secondary N) is 3. The lowest BCUT2D eigenvalue weighted by atomic mass is 10.1. The van der Waals surface area contributed by atoms with E-state index < -0.39 is 0 Å². The van der Waals surface area contributed by atoms with Gasteiger partial charge in [-0.15, -0.1) is 0 Å². The van der Waals surface area contributed by atoms with Crippen molar-refractivity contribution in [3.05, 3.63) is 59.8 Å². The van der Waals surface area contributed by atoms with Crippen molar-refractivity contribution in [1.82, 2.24) is 20.8 Å². The number of para-hydroxylation sites is 1. The summed E-state index contributed by atoms with van der Waals surface area (Å²) in [7, 11) is 1.63. The fourth-order valence-corrected chi connectivity index (χ4v) is 2.77. The zero-order valence-electron chi connectivity index (χ0n) is 15.1. The van der Waals surface area contributed by atoms with Crippen LogP contribution in [-0.4, -0.2) is 42.2 Å². The number of H-pyrrole nitrogens is 1. The van der Waals surface area contributed by atoms with Crippen LogP contribution >= 0.6 is 0 Å². The van der Waals surface area contributed by atoms with E-state index in [2.05, 4.69) is 20.8 Å². The number of amides is 2. The summed E-state index contributed by atoms with van der Waals surface area (Å²) in [5.41, 5.74) is 2.23. The molecule has 3 N–H and O–H groups in total. The Morgan fingerprint density at radius 1 is 1.07 bits per heavy atom. The fraction of sp³-hybridized carbons (Fsp3) is 0.250. The molecule has 3 rings (SSSR count). The summed E-state index contributed by atoms with van der Waals surface area (Å²) >= 11 is 0. The second kappa shape index (κ2) is 8.84. The minimum atomic E-state index is -0.295. The van der Waals surface area contributed by atoms with E-state index in [1.165, 1.54) is 0 Å². The summed E-state index contributed by atoms with van der Waals surface area (Å²) in [6.07, 6.45) is 0.931. The van der Waals surface area contributed by atoms with Crippen molar-refractivity contribution in [2.45, 2.75) is 12.8 Å². The Morgan fingerprint density at radius 2 is 1.93 bits per heavy atom. The number of aromatic amines is 1. The number of hydrogen-bond donors (Lipinski definition) is 3. The molecule has 0 saturated heterocycles. The van der Waals surface area contributed by atoms with Crippen LogP contribution in [0.5, 0.6) is 5.75 Å². The van der Waals surface area contributed by atoms with E-state index >= 15 is 0 Å². The molecule has 0 unspecified atom stereocenters. The molecule has 2 aromatic carbocycles. The Hall–Kier alpha value is -3.35. The second-order valence-corrected chi connectivity index (χ2v) is 6.08. The van der Waals surface area contributed by atoms with Gasteiger partial charge in [0.25, 0.3) is 5.91 Å². The summed E-state index contributed by atoms with van der Waals surface area (Å²) in [6, 6.07) is 15.2. The summed E-state index contributed by atoms with van der Waals surface area (Å²) < 4.78 is 5.18. The number of aromatic nitrogens is 2. The van der Waals surface area contributed by atoms with E-state index in [1.807, 2.05) is 48.5 Å². The van der Waals surface area contributed by atoms with E-state index in [0.29, 0.717) is 18.7 Å². The molecule has 0 spiro atoms. The van der Waals surface area contributed by atoms with Crippen LogP contribution in [0.1, 0.15) is 22.5 Å². The lowest BCUT2D eigenvalue weighted by Gasteiger charge is -2.07. The fourth-order valence-electron chi connectivity index (χ4n) is 2.77. The van der Waals surface area contributed by atoms with Crippen LogP contribution in [0.4, 0.5) is 0 Å². The Morgan fingerprint density at radius 3 is 2.78 bits per heavy atom. The Labute approximate surface area is 157 Å². The molecule has 1 aromatic heterocycles. The predicted molar refractivity (Wildman–Crippen MR) is 103 cm³/mol. The van der Waals surface area contributed by atoms with E-state index in [0.717, 1.165) is 22.2 Å². The molecule has 0 fully saturated rings. The Kier molecular flexibility index (Phi) is 6.04. The molecule has 140 valence electrons. The number of nitrogens with zero attached hydrogens (tertiary/aromatic N) is 1. The maximum Gasteiger partial charge on any atom is 0.272 e. The van der Waals surface area contributed by atoms with E-state index in [9.17, 15) is 9.59 Å². The van der Waals surface area contributed by atoms with Crippen molar-refractivity contribution in [2.75, 3.05) is 20.2 Å². The number of benzene rings is 2. The zero-order valence-corrected chi connectivity index (χ0v) is 15.1. The lowest BCUT2D eigenvalue weighted by molar-refractivity contribution is -0.120. The van der Waals surface area contributed by atoms with E-state index in [4.69, 9.17) is 4.74 Å². The summed E-state index contributed by atoms with van der Waals surface area (Å²) in [6.45, 7) is 0.787. The standard InChI is InChI=1S/C20H22N4O3/c1-27-15-6-4-5-14(13-15)9-11-21-18(25)10-12-22-20(26)19-16-7-2-3-8-17(16)23-24-19/h2-8,13H,9-12H2,1H3,(H,21,25)(H,22,26)(H,23,24). The molecule has 0 atom stereocenters. The molecule has 0 saturated carbocycles. The number of carbonyl (C=O) groups is 2. The average Bonchev–Trinajstić information content (AvgIpc) is 3.12. The van der Waals surface area contributed by atoms with Crippen molar-refractivity contribution < 1.29 is 14.3 Å². The molecule has 1 heterocycles. The second-order valence-electron chi connectivity index (χ2n) is 6.08. The van der Waals surface area contributed by atoms with Gasteiger partial charge in [-0.3, -0.25) is 14.7 Å². The van der Waals surface area contributed by atoms with Gasteiger partial charge in [0.15, 0.2) is 5.69 Å². The molecule has 27 heavy (non-hydrogen) atoms. The van der Waals surface area contributed by atoms with Gasteiger partial charge in [-0.1, -0.05) is 30.3 Å². The molecular formula is C20H22N4O3. The Balaban J connectivity index is 1.39. The highest BCUT2D eigenvalue weighted by Gasteiger charge is 2.13. The number of carbonyl (C=O) groups excluding carboxylic acids is 2. The van der Waals surface area contributed by atoms with Crippen molar-refractivity contribution in [3.63, 3.8) is 0 Å². The number of ether oxygens (including phenoxy) is 1. The molecule has 0 aliphatic heterocycles. The van der Waals surface area contributed by atoms with Crippen molar-refractivity contribution >= 4 is 22.7 Å². The number of rotatable bonds is 8. The third kappa shape index (κ3) is 4.84.